The second-order valence-corrected chi connectivity index (χ2v) is 7.69. The van der Waals surface area contributed by atoms with Crippen LogP contribution < -0.4 is 15.5 Å². The molecule has 12 heteroatoms. The zero-order valence-electron chi connectivity index (χ0n) is 18.4. The first-order valence-corrected chi connectivity index (χ1v) is 9.91. The average molecular weight is 480 g/mol. The molecule has 0 spiro atoms. The van der Waals surface area contributed by atoms with Gasteiger partial charge >= 0.3 is 6.18 Å². The lowest BCUT2D eigenvalue weighted by Gasteiger charge is -2.32. The number of alkyl halides is 3. The average Bonchev–Trinajstić information content (AvgIpc) is 3.14. The first kappa shape index (κ1) is 24.4. The second-order valence-electron chi connectivity index (χ2n) is 7.69. The van der Waals surface area contributed by atoms with Crippen molar-refractivity contribution >= 4 is 36.9 Å². The van der Waals surface area contributed by atoms with E-state index in [1.807, 2.05) is 12.1 Å². The van der Waals surface area contributed by atoms with Crippen LogP contribution in [0.5, 0.6) is 0 Å². The van der Waals surface area contributed by atoms with Crippen LogP contribution in [0, 0.1) is 6.92 Å². The molecule has 1 amide bonds. The highest BCUT2D eigenvalue weighted by Crippen LogP contribution is 2.33. The molecule has 2 N–H and O–H groups in total. The molecule has 0 aliphatic carbocycles. The quantitative estimate of drug-likeness (QED) is 0.593. The van der Waals surface area contributed by atoms with Gasteiger partial charge < -0.3 is 15.5 Å². The van der Waals surface area contributed by atoms with Crippen molar-refractivity contribution in [3.8, 4) is 11.3 Å². The summed E-state index contributed by atoms with van der Waals surface area (Å²) >= 11 is 0. The second kappa shape index (κ2) is 8.93. The van der Waals surface area contributed by atoms with Gasteiger partial charge in [0.15, 0.2) is 11.5 Å². The van der Waals surface area contributed by atoms with E-state index < -0.39 is 11.9 Å². The summed E-state index contributed by atoms with van der Waals surface area (Å²) in [6, 6.07) is 7.83. The molecule has 33 heavy (non-hydrogen) atoms. The van der Waals surface area contributed by atoms with Crippen molar-refractivity contribution in [3.63, 3.8) is 0 Å². The number of halogens is 3. The van der Waals surface area contributed by atoms with Gasteiger partial charge in [0.05, 0.1) is 11.4 Å². The maximum atomic E-state index is 12.9. The molecule has 1 aliphatic rings. The third kappa shape index (κ3) is 4.75. The Morgan fingerprint density at radius 1 is 1.15 bits per heavy atom. The molecule has 0 fully saturated rings. The largest absolute Gasteiger partial charge is 0.435 e. The molecule has 0 saturated carbocycles. The fraction of sp³-hybridized carbons (Fsp3) is 0.333. The number of amides is 1. The molecule has 1 aromatic carbocycles. The van der Waals surface area contributed by atoms with Crippen LogP contribution in [0.25, 0.3) is 11.3 Å². The Morgan fingerprint density at radius 3 is 2.42 bits per heavy atom. The minimum atomic E-state index is -4.48. The predicted octanol–water partition coefficient (Wildman–Crippen LogP) is 3.71. The van der Waals surface area contributed by atoms with E-state index in [9.17, 15) is 18.0 Å². The summed E-state index contributed by atoms with van der Waals surface area (Å²) in [5.74, 6) is 0.948. The van der Waals surface area contributed by atoms with Gasteiger partial charge in [0.2, 0.25) is 11.9 Å². The smallest absolute Gasteiger partial charge is 0.350 e. The lowest BCUT2D eigenvalue weighted by molar-refractivity contribution is -0.141. The van der Waals surface area contributed by atoms with Crippen molar-refractivity contribution in [2.24, 2.45) is 7.05 Å². The van der Waals surface area contributed by atoms with Crippen molar-refractivity contribution in [1.29, 1.82) is 0 Å². The van der Waals surface area contributed by atoms with E-state index >= 15 is 0 Å². The van der Waals surface area contributed by atoms with Gasteiger partial charge in [0.1, 0.15) is 11.7 Å². The van der Waals surface area contributed by atoms with E-state index in [4.69, 9.17) is 0 Å². The van der Waals surface area contributed by atoms with E-state index in [-0.39, 0.29) is 25.4 Å². The maximum absolute atomic E-state index is 12.9. The molecule has 1 atom stereocenters. The molecular formula is C21H24F3N7OS. The number of hydrogen-bond acceptors (Lipinski definition) is 6. The Labute approximate surface area is 195 Å². The fourth-order valence-corrected chi connectivity index (χ4v) is 3.48. The molecule has 0 bridgehead atoms. The number of likely N-dealkylation sites (N-methyl/N-ethyl adjacent to an activating group) is 1. The van der Waals surface area contributed by atoms with Crippen LogP contribution in [0.4, 0.5) is 30.6 Å². The Kier molecular flexibility index (Phi) is 6.59. The van der Waals surface area contributed by atoms with Crippen molar-refractivity contribution in [2.75, 3.05) is 22.6 Å². The SMILES string of the molecule is Cc1nc(NCc2ccc(-c3cc(C(F)(F)F)nn3C)cc2)nc2c1NC(=O)[C@H](C)N2C.S. The number of benzene rings is 1. The van der Waals surface area contributed by atoms with Crippen molar-refractivity contribution in [2.45, 2.75) is 32.6 Å². The van der Waals surface area contributed by atoms with Crippen LogP contribution >= 0.6 is 13.5 Å². The molecule has 3 aromatic rings. The topological polar surface area (TPSA) is 88.0 Å². The monoisotopic (exact) mass is 479 g/mol. The van der Waals surface area contributed by atoms with Gasteiger partial charge in [0, 0.05) is 20.6 Å². The molecule has 0 unspecified atom stereocenters. The lowest BCUT2D eigenvalue weighted by Crippen LogP contribution is -2.44. The number of nitrogens with one attached hydrogen (secondary N) is 2. The number of anilines is 3. The zero-order valence-corrected chi connectivity index (χ0v) is 19.4. The highest BCUT2D eigenvalue weighted by Gasteiger charge is 2.34. The number of hydrogen-bond donors (Lipinski definition) is 2. The van der Waals surface area contributed by atoms with Gasteiger partial charge in [-0.25, -0.2) is 4.98 Å². The molecule has 0 saturated heterocycles. The summed E-state index contributed by atoms with van der Waals surface area (Å²) in [5, 5.41) is 9.55. The van der Waals surface area contributed by atoms with Gasteiger partial charge in [0.25, 0.3) is 0 Å². The normalized spacial score (nSPS) is 15.5. The van der Waals surface area contributed by atoms with Crippen LogP contribution in [0.15, 0.2) is 30.3 Å². The van der Waals surface area contributed by atoms with Gasteiger partial charge in [-0.05, 0) is 31.0 Å². The van der Waals surface area contributed by atoms with Gasteiger partial charge in [-0.15, -0.1) is 0 Å². The highest BCUT2D eigenvalue weighted by atomic mass is 32.1. The minimum Gasteiger partial charge on any atom is -0.350 e. The van der Waals surface area contributed by atoms with Crippen molar-refractivity contribution in [1.82, 2.24) is 19.7 Å². The molecule has 1 aliphatic heterocycles. The molecule has 176 valence electrons. The standard InChI is InChI=1S/C21H22F3N7O.H2S/c1-11-17-18(30(3)12(2)19(32)27-17)28-20(26-11)25-10-13-5-7-14(8-6-13)15-9-16(21(22,23)24)29-31(15)4;/h5-9,12H,10H2,1-4H3,(H,27,32)(H,25,26,28);1H2/t12-;/m0./s1. The number of nitrogens with zero attached hydrogens (tertiary/aromatic N) is 5. The van der Waals surface area contributed by atoms with Crippen molar-refractivity contribution in [3.05, 3.63) is 47.3 Å². The zero-order chi connectivity index (χ0) is 23.2. The summed E-state index contributed by atoms with van der Waals surface area (Å²) in [6.07, 6.45) is -4.48. The van der Waals surface area contributed by atoms with Gasteiger partial charge in [-0.2, -0.15) is 36.7 Å². The Bertz CT molecular complexity index is 1180. The third-order valence-electron chi connectivity index (χ3n) is 5.48. The maximum Gasteiger partial charge on any atom is 0.435 e. The van der Waals surface area contributed by atoms with E-state index in [2.05, 4.69) is 25.7 Å². The Hall–Kier alpha value is -3.28. The Morgan fingerprint density at radius 2 is 1.82 bits per heavy atom. The highest BCUT2D eigenvalue weighted by molar-refractivity contribution is 7.59. The third-order valence-corrected chi connectivity index (χ3v) is 5.48. The van der Waals surface area contributed by atoms with Gasteiger partial charge in [-0.3, -0.25) is 9.48 Å². The number of rotatable bonds is 4. The summed E-state index contributed by atoms with van der Waals surface area (Å²) in [4.78, 5) is 22.8. The fourth-order valence-electron chi connectivity index (χ4n) is 3.48. The molecule has 4 rings (SSSR count). The number of aromatic nitrogens is 4. The summed E-state index contributed by atoms with van der Waals surface area (Å²) in [5.41, 5.74) is 2.24. The molecular weight excluding hydrogens is 455 g/mol. The van der Waals surface area contributed by atoms with Gasteiger partial charge in [-0.1, -0.05) is 24.3 Å². The molecule has 0 radical (unpaired) electrons. The Balaban J connectivity index is 0.00000306. The summed E-state index contributed by atoms with van der Waals surface area (Å²) < 4.78 is 39.9. The van der Waals surface area contributed by atoms with E-state index in [1.165, 1.54) is 11.7 Å². The summed E-state index contributed by atoms with van der Waals surface area (Å²) in [6.45, 7) is 4.02. The molecule has 3 heterocycles. The van der Waals surface area contributed by atoms with Crippen LogP contribution in [0.2, 0.25) is 0 Å². The van der Waals surface area contributed by atoms with Crippen LogP contribution in [-0.4, -0.2) is 38.7 Å². The number of carbonyl (C=O) groups excluding carboxylic acids is 1. The predicted molar refractivity (Wildman–Crippen MR) is 125 cm³/mol. The van der Waals surface area contributed by atoms with E-state index in [0.29, 0.717) is 40.9 Å². The molecule has 8 nitrogen and oxygen atoms in total. The lowest BCUT2D eigenvalue weighted by atomic mass is 10.1. The van der Waals surface area contributed by atoms with Crippen molar-refractivity contribution < 1.29 is 18.0 Å². The van der Waals surface area contributed by atoms with Crippen LogP contribution in [0.3, 0.4) is 0 Å². The van der Waals surface area contributed by atoms with Crippen LogP contribution in [-0.2, 0) is 24.6 Å². The number of carbonyl (C=O) groups is 1. The summed E-state index contributed by atoms with van der Waals surface area (Å²) in [7, 11) is 3.29. The number of aryl methyl sites for hydroxylation is 2. The molecule has 2 aromatic heterocycles. The van der Waals surface area contributed by atoms with Crippen LogP contribution in [0.1, 0.15) is 23.9 Å². The minimum absolute atomic E-state index is 0. The van der Waals surface area contributed by atoms with E-state index in [0.717, 1.165) is 11.6 Å². The first-order valence-electron chi connectivity index (χ1n) is 9.91. The first-order chi connectivity index (χ1) is 15.0. The number of fused-ring (bicyclic) bond motifs is 1. The van der Waals surface area contributed by atoms with E-state index in [1.54, 1.807) is 37.9 Å².